The average Bonchev–Trinajstić information content (AvgIpc) is 3.10. The predicted molar refractivity (Wildman–Crippen MR) is 138 cm³/mol. The number of rotatable bonds is 3. The molecule has 1 spiro atoms. The average molecular weight is 492 g/mol. The number of nitrogen functional groups attached to an aromatic ring is 2. The van der Waals surface area contributed by atoms with Gasteiger partial charge in [0.1, 0.15) is 10.8 Å². The Morgan fingerprint density at radius 3 is 2.68 bits per heavy atom. The topological polar surface area (TPSA) is 120 Å². The summed E-state index contributed by atoms with van der Waals surface area (Å²) < 4.78 is 0. The summed E-state index contributed by atoms with van der Waals surface area (Å²) in [5.41, 5.74) is 23.2. The summed E-state index contributed by atoms with van der Waals surface area (Å²) in [5, 5.41) is 0.986. The van der Waals surface area contributed by atoms with Crippen LogP contribution < -0.4 is 22.1 Å². The van der Waals surface area contributed by atoms with E-state index in [1.54, 1.807) is 12.3 Å². The number of anilines is 3. The lowest BCUT2D eigenvalue weighted by Crippen LogP contribution is -2.45. The first kappa shape index (κ1) is 22.8. The van der Waals surface area contributed by atoms with Gasteiger partial charge < -0.3 is 22.1 Å². The zero-order valence-electron chi connectivity index (χ0n) is 18.9. The Labute approximate surface area is 208 Å². The number of piperidine rings is 1. The highest BCUT2D eigenvalue weighted by atomic mass is 35.5. The van der Waals surface area contributed by atoms with E-state index >= 15 is 0 Å². The molecule has 0 saturated carbocycles. The van der Waals surface area contributed by atoms with Gasteiger partial charge >= 0.3 is 0 Å². The van der Waals surface area contributed by atoms with Crippen molar-refractivity contribution in [3.05, 3.63) is 57.9 Å². The third-order valence-electron chi connectivity index (χ3n) is 7.03. The number of nitrogens with two attached hydrogens (primary N) is 3. The van der Waals surface area contributed by atoms with Crippen LogP contribution in [0.15, 0.2) is 40.4 Å². The van der Waals surface area contributed by atoms with Crippen LogP contribution in [0, 0.1) is 24.7 Å². The van der Waals surface area contributed by atoms with Crippen molar-refractivity contribution in [1.29, 1.82) is 0 Å². The van der Waals surface area contributed by atoms with Crippen molar-refractivity contribution in [3.63, 3.8) is 0 Å². The molecule has 2 aromatic heterocycles. The Morgan fingerprint density at radius 2 is 1.94 bits per heavy atom. The molecule has 0 unspecified atom stereocenters. The van der Waals surface area contributed by atoms with Gasteiger partial charge in [0.15, 0.2) is 11.6 Å². The van der Waals surface area contributed by atoms with Crippen molar-refractivity contribution in [2.45, 2.75) is 42.1 Å². The van der Waals surface area contributed by atoms with Crippen LogP contribution in [0.3, 0.4) is 0 Å². The van der Waals surface area contributed by atoms with Crippen LogP contribution >= 0.6 is 23.4 Å². The van der Waals surface area contributed by atoms with E-state index in [0.717, 1.165) is 54.3 Å². The van der Waals surface area contributed by atoms with E-state index in [1.165, 1.54) is 22.9 Å². The maximum atomic E-state index is 6.77. The fourth-order valence-electron chi connectivity index (χ4n) is 5.11. The molecule has 1 atom stereocenters. The molecule has 1 fully saturated rings. The highest BCUT2D eigenvalue weighted by Crippen LogP contribution is 2.51. The maximum absolute atomic E-state index is 6.77. The standard InChI is InChI=1S/C25H26ClN7S/c1-3-15-4-5-16-13-25(20(27)17(16)12-15)7-10-33(11-8-25)23-14(2)31-24(22(29)32-23)34-18-6-9-30-21(28)19(18)26/h1,4-6,9,12,20H,7-8,10-11,13,27H2,2H3,(H2,28,30)(H2,29,32)/t20-/m1/s1. The van der Waals surface area contributed by atoms with Crippen molar-refractivity contribution >= 4 is 40.8 Å². The second kappa shape index (κ2) is 8.66. The number of terminal acetylenes is 1. The molecular weight excluding hydrogens is 466 g/mol. The van der Waals surface area contributed by atoms with E-state index < -0.39 is 0 Å². The molecule has 5 rings (SSSR count). The minimum atomic E-state index is -0.00785. The summed E-state index contributed by atoms with van der Waals surface area (Å²) in [5.74, 6) is 4.18. The molecule has 3 heterocycles. The number of aromatic nitrogens is 3. The fraction of sp³-hybridized carbons (Fsp3) is 0.320. The molecule has 0 radical (unpaired) electrons. The summed E-state index contributed by atoms with van der Waals surface area (Å²) in [7, 11) is 0. The number of halogens is 1. The number of hydrogen-bond donors (Lipinski definition) is 3. The highest BCUT2D eigenvalue weighted by molar-refractivity contribution is 7.99. The minimum absolute atomic E-state index is 0.00785. The first-order valence-electron chi connectivity index (χ1n) is 11.1. The molecule has 1 aliphatic carbocycles. The van der Waals surface area contributed by atoms with Gasteiger partial charge in [0.2, 0.25) is 0 Å². The highest BCUT2D eigenvalue weighted by Gasteiger charge is 2.46. The summed E-state index contributed by atoms with van der Waals surface area (Å²) in [6.45, 7) is 3.65. The van der Waals surface area contributed by atoms with Gasteiger partial charge in [0.25, 0.3) is 0 Å². The molecule has 0 amide bonds. The van der Waals surface area contributed by atoms with Crippen LogP contribution in [-0.2, 0) is 6.42 Å². The van der Waals surface area contributed by atoms with E-state index in [-0.39, 0.29) is 17.3 Å². The van der Waals surface area contributed by atoms with Gasteiger partial charge in [-0.05, 0) is 60.9 Å². The zero-order valence-corrected chi connectivity index (χ0v) is 20.5. The second-order valence-corrected chi connectivity index (χ2v) is 10.4. The lowest BCUT2D eigenvalue weighted by Gasteiger charge is -2.42. The van der Waals surface area contributed by atoms with Gasteiger partial charge in [-0.25, -0.2) is 15.0 Å². The maximum Gasteiger partial charge on any atom is 0.158 e. The van der Waals surface area contributed by atoms with Crippen molar-refractivity contribution in [2.75, 3.05) is 29.5 Å². The Balaban J connectivity index is 1.33. The third-order valence-corrected chi connectivity index (χ3v) is 8.60. The molecule has 0 bridgehead atoms. The molecule has 3 aromatic rings. The number of nitrogens with zero attached hydrogens (tertiary/aromatic N) is 4. The van der Waals surface area contributed by atoms with Gasteiger partial charge in [-0.1, -0.05) is 35.3 Å². The van der Waals surface area contributed by atoms with Crippen LogP contribution in [0.5, 0.6) is 0 Å². The molecule has 6 N–H and O–H groups in total. The predicted octanol–water partition coefficient (Wildman–Crippen LogP) is 3.97. The number of fused-ring (bicyclic) bond motifs is 1. The first-order valence-corrected chi connectivity index (χ1v) is 12.3. The lowest BCUT2D eigenvalue weighted by molar-refractivity contribution is 0.187. The van der Waals surface area contributed by atoms with Crippen molar-refractivity contribution in [3.8, 4) is 12.3 Å². The minimum Gasteiger partial charge on any atom is -0.382 e. The van der Waals surface area contributed by atoms with Crippen LogP contribution in [0.2, 0.25) is 5.02 Å². The summed E-state index contributed by atoms with van der Waals surface area (Å²) in [6, 6.07) is 8.01. The Hall–Kier alpha value is -2.99. The quantitative estimate of drug-likeness (QED) is 0.470. The molecule has 9 heteroatoms. The Bertz CT molecular complexity index is 1310. The largest absolute Gasteiger partial charge is 0.382 e. The number of benzene rings is 1. The van der Waals surface area contributed by atoms with Gasteiger partial charge in [-0.3, -0.25) is 0 Å². The van der Waals surface area contributed by atoms with E-state index in [0.29, 0.717) is 15.9 Å². The van der Waals surface area contributed by atoms with Crippen LogP contribution in [0.1, 0.15) is 41.3 Å². The normalized spacial score (nSPS) is 18.6. The number of pyridine rings is 1. The second-order valence-electron chi connectivity index (χ2n) is 9.00. The smallest absolute Gasteiger partial charge is 0.158 e. The van der Waals surface area contributed by atoms with Crippen molar-refractivity contribution < 1.29 is 0 Å². The molecule has 2 aliphatic rings. The van der Waals surface area contributed by atoms with Crippen LogP contribution in [-0.4, -0.2) is 28.0 Å². The van der Waals surface area contributed by atoms with Crippen molar-refractivity contribution in [2.24, 2.45) is 11.1 Å². The van der Waals surface area contributed by atoms with Crippen molar-refractivity contribution in [1.82, 2.24) is 15.0 Å². The molecule has 1 aliphatic heterocycles. The van der Waals surface area contributed by atoms with Crippen LogP contribution in [0.4, 0.5) is 17.5 Å². The Kier molecular flexibility index (Phi) is 5.80. The molecule has 1 aromatic carbocycles. The fourth-order valence-corrected chi connectivity index (χ4v) is 6.20. The third kappa shape index (κ3) is 3.84. The van der Waals surface area contributed by atoms with E-state index in [1.807, 2.05) is 13.0 Å². The number of hydrogen-bond acceptors (Lipinski definition) is 8. The van der Waals surface area contributed by atoms with Gasteiger partial charge in [0.05, 0.1) is 10.7 Å². The monoisotopic (exact) mass is 491 g/mol. The SMILES string of the molecule is C#Cc1ccc2c(c1)[C@@H](N)C1(CCN(c3nc(N)c(Sc4ccnc(N)c4Cl)nc3C)CC1)C2. The van der Waals surface area contributed by atoms with E-state index in [9.17, 15) is 0 Å². The molecule has 34 heavy (non-hydrogen) atoms. The first-order chi connectivity index (χ1) is 16.3. The van der Waals surface area contributed by atoms with E-state index in [4.69, 9.17) is 45.2 Å². The van der Waals surface area contributed by atoms with Crippen LogP contribution in [0.25, 0.3) is 0 Å². The Morgan fingerprint density at radius 1 is 1.18 bits per heavy atom. The van der Waals surface area contributed by atoms with Gasteiger partial charge in [-0.2, -0.15) is 0 Å². The molecule has 7 nitrogen and oxygen atoms in total. The van der Waals surface area contributed by atoms with Gasteiger partial charge in [-0.15, -0.1) is 6.42 Å². The molecule has 1 saturated heterocycles. The summed E-state index contributed by atoms with van der Waals surface area (Å²) in [6.07, 6.45) is 10.1. The molecule has 174 valence electrons. The lowest BCUT2D eigenvalue weighted by atomic mass is 9.73. The zero-order chi connectivity index (χ0) is 24.0. The number of aryl methyl sites for hydroxylation is 1. The summed E-state index contributed by atoms with van der Waals surface area (Å²) in [4.78, 5) is 16.5. The molecular formula is C25H26ClN7S. The van der Waals surface area contributed by atoms with Gasteiger partial charge in [0, 0.05) is 35.8 Å². The van der Waals surface area contributed by atoms with E-state index in [2.05, 4.69) is 27.9 Å². The summed E-state index contributed by atoms with van der Waals surface area (Å²) >= 11 is 7.62.